The number of rotatable bonds is 3. The summed E-state index contributed by atoms with van der Waals surface area (Å²) in [4.78, 5) is 0. The minimum Gasteiger partial charge on any atom is -0.487 e. The van der Waals surface area contributed by atoms with Crippen molar-refractivity contribution < 1.29 is 4.74 Å². The van der Waals surface area contributed by atoms with E-state index in [1.807, 2.05) is 17.1 Å². The van der Waals surface area contributed by atoms with Gasteiger partial charge in [-0.1, -0.05) is 0 Å². The van der Waals surface area contributed by atoms with Gasteiger partial charge in [0.15, 0.2) is 5.75 Å². The summed E-state index contributed by atoms with van der Waals surface area (Å²) in [7, 11) is 0. The smallest absolute Gasteiger partial charge is 0.157 e. The van der Waals surface area contributed by atoms with Gasteiger partial charge >= 0.3 is 0 Å². The first-order chi connectivity index (χ1) is 7.25. The Morgan fingerprint density at radius 1 is 1.47 bits per heavy atom. The molecule has 0 atom stereocenters. The third-order valence-corrected chi connectivity index (χ3v) is 2.70. The summed E-state index contributed by atoms with van der Waals surface area (Å²) in [5.74, 6) is 0.899. The Hall–Kier alpha value is -1.03. The Morgan fingerprint density at radius 2 is 2.20 bits per heavy atom. The molecule has 1 aliphatic heterocycles. The fourth-order valence-corrected chi connectivity index (χ4v) is 1.77. The van der Waals surface area contributed by atoms with Gasteiger partial charge in [-0.15, -0.1) is 0 Å². The lowest BCUT2D eigenvalue weighted by atomic mass is 10.1. The molecule has 0 amide bonds. The second-order valence-electron chi connectivity index (χ2n) is 4.32. The lowest BCUT2D eigenvalue weighted by molar-refractivity contribution is 0.162. The van der Waals surface area contributed by atoms with Crippen LogP contribution < -0.4 is 10.1 Å². The zero-order chi connectivity index (χ0) is 10.7. The van der Waals surface area contributed by atoms with Gasteiger partial charge in [0.25, 0.3) is 0 Å². The maximum atomic E-state index is 5.86. The van der Waals surface area contributed by atoms with E-state index in [4.69, 9.17) is 4.74 Å². The quantitative estimate of drug-likeness (QED) is 0.821. The highest BCUT2D eigenvalue weighted by Gasteiger charge is 2.15. The van der Waals surface area contributed by atoms with Gasteiger partial charge in [-0.05, 0) is 39.8 Å². The van der Waals surface area contributed by atoms with Crippen molar-refractivity contribution in [1.82, 2.24) is 15.1 Å². The van der Waals surface area contributed by atoms with Crippen molar-refractivity contribution in [3.05, 3.63) is 12.4 Å². The molecule has 1 aromatic heterocycles. The van der Waals surface area contributed by atoms with Gasteiger partial charge in [-0.25, -0.2) is 0 Å². The zero-order valence-corrected chi connectivity index (χ0v) is 9.44. The van der Waals surface area contributed by atoms with Crippen LogP contribution in [0.2, 0.25) is 0 Å². The van der Waals surface area contributed by atoms with E-state index in [0.29, 0.717) is 12.1 Å². The Balaban J connectivity index is 1.91. The fourth-order valence-electron chi connectivity index (χ4n) is 1.77. The molecule has 15 heavy (non-hydrogen) atoms. The zero-order valence-electron chi connectivity index (χ0n) is 9.44. The fraction of sp³-hybridized carbons (Fsp3) is 0.727. The maximum absolute atomic E-state index is 5.86. The van der Waals surface area contributed by atoms with Crippen molar-refractivity contribution in [2.45, 2.75) is 38.8 Å². The lowest BCUT2D eigenvalue weighted by Crippen LogP contribution is -2.34. The minimum atomic E-state index is 0.357. The van der Waals surface area contributed by atoms with Gasteiger partial charge in [0.1, 0.15) is 6.10 Å². The highest BCUT2D eigenvalue weighted by molar-refractivity contribution is 5.12. The van der Waals surface area contributed by atoms with Crippen molar-refractivity contribution >= 4 is 0 Å². The van der Waals surface area contributed by atoms with Gasteiger partial charge in [-0.3, -0.25) is 4.68 Å². The van der Waals surface area contributed by atoms with Crippen LogP contribution in [0.4, 0.5) is 0 Å². The van der Waals surface area contributed by atoms with E-state index in [9.17, 15) is 0 Å². The van der Waals surface area contributed by atoms with Gasteiger partial charge < -0.3 is 10.1 Å². The first-order valence-electron chi connectivity index (χ1n) is 5.67. The molecule has 4 heteroatoms. The largest absolute Gasteiger partial charge is 0.487 e. The Morgan fingerprint density at radius 3 is 2.80 bits per heavy atom. The van der Waals surface area contributed by atoms with E-state index >= 15 is 0 Å². The van der Waals surface area contributed by atoms with Gasteiger partial charge in [0.05, 0.1) is 12.4 Å². The van der Waals surface area contributed by atoms with E-state index in [-0.39, 0.29) is 0 Å². The van der Waals surface area contributed by atoms with Crippen LogP contribution >= 0.6 is 0 Å². The molecule has 0 aliphatic carbocycles. The number of piperidine rings is 1. The monoisotopic (exact) mass is 209 g/mol. The molecule has 0 saturated carbocycles. The van der Waals surface area contributed by atoms with Crippen LogP contribution in [0.3, 0.4) is 0 Å². The van der Waals surface area contributed by atoms with Crippen LogP contribution in [-0.4, -0.2) is 29.0 Å². The number of nitrogens with zero attached hydrogens (tertiary/aromatic N) is 2. The van der Waals surface area contributed by atoms with Crippen molar-refractivity contribution in [2.75, 3.05) is 13.1 Å². The van der Waals surface area contributed by atoms with E-state index in [2.05, 4.69) is 24.3 Å². The standard InChI is InChI=1S/C11H19N3O/c1-9(2)14-8-11(7-13-14)15-10-3-5-12-6-4-10/h7-10,12H,3-6H2,1-2H3. The number of aromatic nitrogens is 2. The molecule has 1 N–H and O–H groups in total. The third-order valence-electron chi connectivity index (χ3n) is 2.70. The highest BCUT2D eigenvalue weighted by atomic mass is 16.5. The SMILES string of the molecule is CC(C)n1cc(OC2CCNCC2)cn1. The van der Waals surface area contributed by atoms with E-state index in [1.165, 1.54) is 0 Å². The molecule has 1 fully saturated rings. The number of nitrogens with one attached hydrogen (secondary N) is 1. The lowest BCUT2D eigenvalue weighted by Gasteiger charge is -2.22. The number of hydrogen-bond acceptors (Lipinski definition) is 3. The molecule has 0 aromatic carbocycles. The van der Waals surface area contributed by atoms with Crippen LogP contribution in [0.1, 0.15) is 32.7 Å². The summed E-state index contributed by atoms with van der Waals surface area (Å²) in [6.45, 7) is 6.34. The molecule has 84 valence electrons. The molecule has 2 heterocycles. The molecule has 4 nitrogen and oxygen atoms in total. The average molecular weight is 209 g/mol. The predicted octanol–water partition coefficient (Wildman–Crippen LogP) is 1.59. The average Bonchev–Trinajstić information content (AvgIpc) is 2.68. The molecule has 1 aliphatic rings. The number of ether oxygens (including phenoxy) is 1. The van der Waals surface area contributed by atoms with Crippen LogP contribution in [0.15, 0.2) is 12.4 Å². The van der Waals surface area contributed by atoms with Crippen molar-refractivity contribution in [3.63, 3.8) is 0 Å². The third kappa shape index (κ3) is 2.72. The van der Waals surface area contributed by atoms with E-state index in [0.717, 1.165) is 31.7 Å². The van der Waals surface area contributed by atoms with Crippen LogP contribution in [0.5, 0.6) is 5.75 Å². The summed E-state index contributed by atoms with van der Waals surface area (Å²) >= 11 is 0. The van der Waals surface area contributed by atoms with E-state index in [1.54, 1.807) is 0 Å². The Kier molecular flexibility index (Phi) is 3.26. The van der Waals surface area contributed by atoms with Crippen molar-refractivity contribution in [2.24, 2.45) is 0 Å². The van der Waals surface area contributed by atoms with Gasteiger partial charge in [0, 0.05) is 6.04 Å². The highest BCUT2D eigenvalue weighted by Crippen LogP contribution is 2.17. The summed E-state index contributed by atoms with van der Waals surface area (Å²) in [6, 6.07) is 0.398. The second kappa shape index (κ2) is 4.66. The molecule has 1 saturated heterocycles. The van der Waals surface area contributed by atoms with E-state index < -0.39 is 0 Å². The molecule has 0 radical (unpaired) electrons. The molecular weight excluding hydrogens is 190 g/mol. The normalized spacial score (nSPS) is 18.3. The number of hydrogen-bond donors (Lipinski definition) is 1. The summed E-state index contributed by atoms with van der Waals surface area (Å²) in [5, 5.41) is 7.58. The molecule has 0 bridgehead atoms. The minimum absolute atomic E-state index is 0.357. The van der Waals surface area contributed by atoms with Gasteiger partial charge in [0.2, 0.25) is 0 Å². The molecule has 2 rings (SSSR count). The van der Waals surface area contributed by atoms with Crippen molar-refractivity contribution in [1.29, 1.82) is 0 Å². The topological polar surface area (TPSA) is 39.1 Å². The second-order valence-corrected chi connectivity index (χ2v) is 4.32. The van der Waals surface area contributed by atoms with Crippen molar-refractivity contribution in [3.8, 4) is 5.75 Å². The summed E-state index contributed by atoms with van der Waals surface area (Å²) in [6.07, 6.45) is 6.32. The maximum Gasteiger partial charge on any atom is 0.157 e. The summed E-state index contributed by atoms with van der Waals surface area (Å²) in [5.41, 5.74) is 0. The Bertz CT molecular complexity index is 303. The van der Waals surface area contributed by atoms with Gasteiger partial charge in [-0.2, -0.15) is 5.10 Å². The first kappa shape index (κ1) is 10.5. The molecule has 0 spiro atoms. The van der Waals surface area contributed by atoms with Crippen LogP contribution in [0, 0.1) is 0 Å². The Labute approximate surface area is 90.6 Å². The molecule has 1 aromatic rings. The first-order valence-corrected chi connectivity index (χ1v) is 5.67. The molecule has 0 unspecified atom stereocenters. The molecular formula is C11H19N3O. The predicted molar refractivity (Wildman–Crippen MR) is 59.1 cm³/mol. The van der Waals surface area contributed by atoms with Crippen LogP contribution in [-0.2, 0) is 0 Å². The van der Waals surface area contributed by atoms with Crippen LogP contribution in [0.25, 0.3) is 0 Å². The summed E-state index contributed by atoms with van der Waals surface area (Å²) < 4.78 is 7.79.